The summed E-state index contributed by atoms with van der Waals surface area (Å²) >= 11 is 6.17. The van der Waals surface area contributed by atoms with E-state index in [0.717, 1.165) is 17.3 Å². The molecule has 0 spiro atoms. The molecular formula is C17H21ClN4. The van der Waals surface area contributed by atoms with Gasteiger partial charge >= 0.3 is 0 Å². The van der Waals surface area contributed by atoms with Crippen LogP contribution in [-0.4, -0.2) is 16.0 Å². The van der Waals surface area contributed by atoms with Crippen LogP contribution in [0.2, 0.25) is 5.02 Å². The molecule has 1 aliphatic rings. The number of hydrogen-bond donors (Lipinski definition) is 2. The molecule has 1 aliphatic carbocycles. The Balaban J connectivity index is 1.68. The lowest BCUT2D eigenvalue weighted by Gasteiger charge is -2.17. The maximum absolute atomic E-state index is 6.17. The molecule has 3 rings (SSSR count). The van der Waals surface area contributed by atoms with Crippen LogP contribution in [0.1, 0.15) is 38.5 Å². The minimum Gasteiger partial charge on any atom is -0.367 e. The normalized spacial score (nSPS) is 16.0. The quantitative estimate of drug-likeness (QED) is 0.779. The Kier molecular flexibility index (Phi) is 5.11. The lowest BCUT2D eigenvalue weighted by atomic mass is 10.1. The van der Waals surface area contributed by atoms with Gasteiger partial charge in [0.05, 0.1) is 10.7 Å². The zero-order valence-corrected chi connectivity index (χ0v) is 13.3. The van der Waals surface area contributed by atoms with Gasteiger partial charge in [0.1, 0.15) is 18.0 Å². The van der Waals surface area contributed by atoms with Gasteiger partial charge in [0, 0.05) is 12.1 Å². The van der Waals surface area contributed by atoms with Crippen LogP contribution in [0.15, 0.2) is 36.7 Å². The van der Waals surface area contributed by atoms with Crippen LogP contribution >= 0.6 is 11.6 Å². The number of para-hydroxylation sites is 1. The predicted octanol–water partition coefficient (Wildman–Crippen LogP) is 5.01. The van der Waals surface area contributed by atoms with Gasteiger partial charge in [-0.2, -0.15) is 0 Å². The van der Waals surface area contributed by atoms with E-state index in [-0.39, 0.29) is 0 Å². The van der Waals surface area contributed by atoms with E-state index < -0.39 is 0 Å². The molecule has 1 aromatic heterocycles. The molecule has 22 heavy (non-hydrogen) atoms. The van der Waals surface area contributed by atoms with Crippen molar-refractivity contribution in [2.45, 2.75) is 44.6 Å². The molecule has 0 atom stereocenters. The third kappa shape index (κ3) is 4.10. The van der Waals surface area contributed by atoms with Crippen molar-refractivity contribution in [2.75, 3.05) is 10.6 Å². The fraction of sp³-hybridized carbons (Fsp3) is 0.412. The summed E-state index contributed by atoms with van der Waals surface area (Å²) in [5, 5.41) is 7.46. The first-order valence-electron chi connectivity index (χ1n) is 7.91. The van der Waals surface area contributed by atoms with Crippen LogP contribution in [0.4, 0.5) is 17.3 Å². The first kappa shape index (κ1) is 15.1. The highest BCUT2D eigenvalue weighted by Gasteiger charge is 2.12. The Hall–Kier alpha value is -1.81. The third-order valence-electron chi connectivity index (χ3n) is 4.01. The number of anilines is 3. The van der Waals surface area contributed by atoms with Crippen molar-refractivity contribution in [3.63, 3.8) is 0 Å². The summed E-state index contributed by atoms with van der Waals surface area (Å²) in [5.41, 5.74) is 0.850. The molecule has 0 aliphatic heterocycles. The molecule has 0 amide bonds. The van der Waals surface area contributed by atoms with Crippen LogP contribution in [0.25, 0.3) is 0 Å². The Labute approximate surface area is 136 Å². The summed E-state index contributed by atoms with van der Waals surface area (Å²) in [6.07, 6.45) is 9.32. The second-order valence-corrected chi connectivity index (χ2v) is 6.13. The van der Waals surface area contributed by atoms with Crippen LogP contribution in [0.3, 0.4) is 0 Å². The van der Waals surface area contributed by atoms with Crippen molar-refractivity contribution in [1.82, 2.24) is 9.97 Å². The van der Waals surface area contributed by atoms with E-state index in [1.807, 2.05) is 30.3 Å². The van der Waals surface area contributed by atoms with Crippen LogP contribution in [0, 0.1) is 0 Å². The topological polar surface area (TPSA) is 49.8 Å². The Morgan fingerprint density at radius 3 is 2.45 bits per heavy atom. The van der Waals surface area contributed by atoms with Gasteiger partial charge < -0.3 is 10.6 Å². The van der Waals surface area contributed by atoms with Gasteiger partial charge in [-0.1, -0.05) is 49.4 Å². The second kappa shape index (κ2) is 7.45. The summed E-state index contributed by atoms with van der Waals surface area (Å²) < 4.78 is 0. The molecule has 4 nitrogen and oxygen atoms in total. The van der Waals surface area contributed by atoms with Gasteiger partial charge in [0.2, 0.25) is 0 Å². The summed E-state index contributed by atoms with van der Waals surface area (Å²) in [6.45, 7) is 0. The predicted molar refractivity (Wildman–Crippen MR) is 91.9 cm³/mol. The Bertz CT molecular complexity index is 609. The number of halogens is 1. The average molecular weight is 317 g/mol. The number of rotatable bonds is 4. The van der Waals surface area contributed by atoms with E-state index in [9.17, 15) is 0 Å². The highest BCUT2D eigenvalue weighted by atomic mass is 35.5. The molecule has 0 unspecified atom stereocenters. The molecule has 0 saturated heterocycles. The average Bonchev–Trinajstić information content (AvgIpc) is 2.79. The summed E-state index contributed by atoms with van der Waals surface area (Å²) in [6, 6.07) is 10.1. The first-order valence-corrected chi connectivity index (χ1v) is 8.29. The van der Waals surface area contributed by atoms with Crippen molar-refractivity contribution in [1.29, 1.82) is 0 Å². The van der Waals surface area contributed by atoms with Crippen molar-refractivity contribution in [3.05, 3.63) is 41.7 Å². The lowest BCUT2D eigenvalue weighted by molar-refractivity contribution is 0.617. The largest absolute Gasteiger partial charge is 0.367 e. The maximum Gasteiger partial charge on any atom is 0.135 e. The fourth-order valence-corrected chi connectivity index (χ4v) is 3.02. The van der Waals surface area contributed by atoms with Gasteiger partial charge in [-0.25, -0.2) is 9.97 Å². The molecule has 0 radical (unpaired) electrons. The monoisotopic (exact) mass is 316 g/mol. The standard InChI is InChI=1S/C17H21ClN4/c18-14-9-5-6-10-15(14)22-17-11-16(19-12-20-17)21-13-7-3-1-2-4-8-13/h5-6,9-13H,1-4,7-8H2,(H2,19,20,21,22). The molecular weight excluding hydrogens is 296 g/mol. The molecule has 1 heterocycles. The van der Waals surface area contributed by atoms with Crippen LogP contribution < -0.4 is 10.6 Å². The van der Waals surface area contributed by atoms with Gasteiger partial charge in [0.25, 0.3) is 0 Å². The minimum absolute atomic E-state index is 0.519. The van der Waals surface area contributed by atoms with Gasteiger partial charge in [-0.15, -0.1) is 0 Å². The maximum atomic E-state index is 6.17. The molecule has 1 fully saturated rings. The number of aromatic nitrogens is 2. The summed E-state index contributed by atoms with van der Waals surface area (Å²) in [5.74, 6) is 1.62. The van der Waals surface area contributed by atoms with Gasteiger partial charge in [0.15, 0.2) is 0 Å². The highest BCUT2D eigenvalue weighted by molar-refractivity contribution is 6.33. The van der Waals surface area contributed by atoms with Crippen molar-refractivity contribution >= 4 is 28.9 Å². The molecule has 5 heteroatoms. The minimum atomic E-state index is 0.519. The van der Waals surface area contributed by atoms with Crippen LogP contribution in [-0.2, 0) is 0 Å². The highest BCUT2D eigenvalue weighted by Crippen LogP contribution is 2.25. The van der Waals surface area contributed by atoms with Crippen LogP contribution in [0.5, 0.6) is 0 Å². The van der Waals surface area contributed by atoms with Crippen molar-refractivity contribution in [3.8, 4) is 0 Å². The number of nitrogens with one attached hydrogen (secondary N) is 2. The van der Waals surface area contributed by atoms with E-state index >= 15 is 0 Å². The molecule has 2 aromatic rings. The Morgan fingerprint density at radius 1 is 0.955 bits per heavy atom. The fourth-order valence-electron chi connectivity index (χ4n) is 2.84. The zero-order valence-electron chi connectivity index (χ0n) is 12.6. The van der Waals surface area contributed by atoms with E-state index in [2.05, 4.69) is 20.6 Å². The molecule has 116 valence electrons. The van der Waals surface area contributed by atoms with E-state index in [1.165, 1.54) is 38.5 Å². The number of nitrogens with zero attached hydrogens (tertiary/aromatic N) is 2. The van der Waals surface area contributed by atoms with E-state index in [0.29, 0.717) is 11.1 Å². The van der Waals surface area contributed by atoms with Gasteiger partial charge in [-0.3, -0.25) is 0 Å². The SMILES string of the molecule is Clc1ccccc1Nc1cc(NC2CCCCCC2)ncn1. The third-order valence-corrected chi connectivity index (χ3v) is 4.34. The smallest absolute Gasteiger partial charge is 0.135 e. The first-order chi connectivity index (χ1) is 10.8. The number of hydrogen-bond acceptors (Lipinski definition) is 4. The summed E-state index contributed by atoms with van der Waals surface area (Å²) in [4.78, 5) is 8.60. The molecule has 2 N–H and O–H groups in total. The second-order valence-electron chi connectivity index (χ2n) is 5.73. The lowest BCUT2D eigenvalue weighted by Crippen LogP contribution is -2.19. The van der Waals surface area contributed by atoms with E-state index in [1.54, 1.807) is 6.33 Å². The van der Waals surface area contributed by atoms with Gasteiger partial charge in [-0.05, 0) is 25.0 Å². The zero-order chi connectivity index (χ0) is 15.2. The summed E-state index contributed by atoms with van der Waals surface area (Å²) in [7, 11) is 0. The molecule has 1 saturated carbocycles. The van der Waals surface area contributed by atoms with Crippen molar-refractivity contribution < 1.29 is 0 Å². The Morgan fingerprint density at radius 2 is 1.68 bits per heavy atom. The van der Waals surface area contributed by atoms with Crippen molar-refractivity contribution in [2.24, 2.45) is 0 Å². The molecule has 1 aromatic carbocycles. The number of benzene rings is 1. The van der Waals surface area contributed by atoms with E-state index in [4.69, 9.17) is 11.6 Å². The molecule has 0 bridgehead atoms.